The molecule has 0 fully saturated rings. The third kappa shape index (κ3) is 3.15. The van der Waals surface area contributed by atoms with Crippen molar-refractivity contribution in [3.63, 3.8) is 0 Å². The minimum Gasteiger partial charge on any atom is -0.329 e. The number of halogens is 4. The molecule has 0 radical (unpaired) electrons. The lowest BCUT2D eigenvalue weighted by Gasteiger charge is -1.97. The first kappa shape index (κ1) is 12.1. The highest BCUT2D eigenvalue weighted by Crippen LogP contribution is 2.24. The van der Waals surface area contributed by atoms with E-state index in [1.165, 1.54) is 0 Å². The number of hydrogen-bond acceptors (Lipinski definition) is 4. The van der Waals surface area contributed by atoms with Crippen LogP contribution in [-0.4, -0.2) is 26.8 Å². The van der Waals surface area contributed by atoms with Gasteiger partial charge in [0, 0.05) is 6.54 Å². The Morgan fingerprint density at radius 1 is 1.38 bits per heavy atom. The molecule has 1 aromatic heterocycles. The highest BCUT2D eigenvalue weighted by Gasteiger charge is 2.36. The van der Waals surface area contributed by atoms with Crippen molar-refractivity contribution in [1.29, 1.82) is 0 Å². The molecule has 0 spiro atoms. The molecule has 2 N–H and O–H groups in total. The van der Waals surface area contributed by atoms with Crippen LogP contribution >= 0.6 is 12.4 Å². The smallest absolute Gasteiger partial charge is 0.329 e. The molecule has 0 amide bonds. The fraction of sp³-hybridized carbons (Fsp3) is 0.750. The molecule has 13 heavy (non-hydrogen) atoms. The lowest BCUT2D eigenvalue weighted by atomic mass is 10.6. The Bertz CT molecular complexity index is 259. The number of nitrogens with zero attached hydrogens (tertiary/aromatic N) is 4. The fourth-order valence-electron chi connectivity index (χ4n) is 0.567. The predicted octanol–water partition coefficient (Wildman–Crippen LogP) is 0.0724. The zero-order chi connectivity index (χ0) is 9.19. The summed E-state index contributed by atoms with van der Waals surface area (Å²) in [7, 11) is 0. The van der Waals surface area contributed by atoms with Crippen LogP contribution in [0.25, 0.3) is 0 Å². The van der Waals surface area contributed by atoms with E-state index in [2.05, 4.69) is 15.4 Å². The lowest BCUT2D eigenvalue weighted by Crippen LogP contribution is -2.13. The molecule has 0 atom stereocenters. The summed E-state index contributed by atoms with van der Waals surface area (Å²) in [5.41, 5.74) is 5.07. The molecule has 5 nitrogen and oxygen atoms in total. The first-order valence-electron chi connectivity index (χ1n) is 3.09. The minimum atomic E-state index is -4.53. The second kappa shape index (κ2) is 4.38. The van der Waals surface area contributed by atoms with Crippen molar-refractivity contribution >= 4 is 12.4 Å². The molecule has 9 heteroatoms. The molecule has 0 unspecified atom stereocenters. The minimum absolute atomic E-state index is 0. The molecule has 0 aromatic carbocycles. The average molecular weight is 218 g/mol. The van der Waals surface area contributed by atoms with Gasteiger partial charge in [0.15, 0.2) is 0 Å². The zero-order valence-electron chi connectivity index (χ0n) is 6.32. The summed E-state index contributed by atoms with van der Waals surface area (Å²) < 4.78 is 35.5. The van der Waals surface area contributed by atoms with Gasteiger partial charge in [-0.1, -0.05) is 0 Å². The first-order chi connectivity index (χ1) is 5.54. The molecule has 0 aliphatic rings. The second-order valence-corrected chi connectivity index (χ2v) is 2.00. The molecule has 0 saturated carbocycles. The van der Waals surface area contributed by atoms with E-state index in [0.29, 0.717) is 0 Å². The van der Waals surface area contributed by atoms with E-state index >= 15 is 0 Å². The number of aromatic nitrogens is 4. The molecule has 0 aliphatic heterocycles. The van der Waals surface area contributed by atoms with Gasteiger partial charge in [-0.15, -0.1) is 22.6 Å². The van der Waals surface area contributed by atoms with E-state index in [1.54, 1.807) is 0 Å². The maximum Gasteiger partial charge on any atom is 0.455 e. The zero-order valence-corrected chi connectivity index (χ0v) is 7.14. The molecule has 1 rings (SSSR count). The monoisotopic (exact) mass is 217 g/mol. The van der Waals surface area contributed by atoms with Gasteiger partial charge in [0.05, 0.1) is 6.54 Å². The van der Waals surface area contributed by atoms with Gasteiger partial charge < -0.3 is 5.73 Å². The van der Waals surface area contributed by atoms with Crippen LogP contribution in [0.4, 0.5) is 13.2 Å². The number of rotatable bonds is 2. The van der Waals surface area contributed by atoms with Crippen molar-refractivity contribution in [2.24, 2.45) is 5.73 Å². The first-order valence-corrected chi connectivity index (χ1v) is 3.09. The second-order valence-electron chi connectivity index (χ2n) is 2.00. The Morgan fingerprint density at radius 2 is 2.00 bits per heavy atom. The van der Waals surface area contributed by atoms with Crippen molar-refractivity contribution in [3.8, 4) is 0 Å². The molecule has 76 valence electrons. The van der Waals surface area contributed by atoms with Crippen LogP contribution in [0.1, 0.15) is 5.82 Å². The van der Waals surface area contributed by atoms with Gasteiger partial charge in [0.2, 0.25) is 0 Å². The van der Waals surface area contributed by atoms with Crippen molar-refractivity contribution in [3.05, 3.63) is 5.82 Å². The molecule has 1 aromatic rings. The molecule has 0 bridgehead atoms. The van der Waals surface area contributed by atoms with Crippen molar-refractivity contribution in [2.45, 2.75) is 12.7 Å². The van der Waals surface area contributed by atoms with Crippen LogP contribution in [0.15, 0.2) is 0 Å². The van der Waals surface area contributed by atoms with Crippen LogP contribution in [0.3, 0.4) is 0 Å². The third-order valence-electron chi connectivity index (χ3n) is 1.04. The average Bonchev–Trinajstić information content (AvgIpc) is 2.35. The van der Waals surface area contributed by atoms with Crippen molar-refractivity contribution in [2.75, 3.05) is 6.54 Å². The van der Waals surface area contributed by atoms with E-state index in [-0.39, 0.29) is 25.5 Å². The molecule has 0 aliphatic carbocycles. The summed E-state index contributed by atoms with van der Waals surface area (Å²) in [6.45, 7) is 0.302. The van der Waals surface area contributed by atoms with Gasteiger partial charge in [-0.05, 0) is 5.21 Å². The molecular formula is C4H7ClF3N5. The van der Waals surface area contributed by atoms with E-state index in [9.17, 15) is 13.2 Å². The van der Waals surface area contributed by atoms with Crippen LogP contribution < -0.4 is 5.73 Å². The summed E-state index contributed by atoms with van der Waals surface area (Å²) in [6, 6.07) is 0. The van der Waals surface area contributed by atoms with Crippen LogP contribution in [-0.2, 0) is 12.7 Å². The Morgan fingerprint density at radius 3 is 2.38 bits per heavy atom. The van der Waals surface area contributed by atoms with E-state index in [0.717, 1.165) is 4.80 Å². The van der Waals surface area contributed by atoms with Gasteiger partial charge in [-0.25, -0.2) is 0 Å². The highest BCUT2D eigenvalue weighted by atomic mass is 35.5. The Labute approximate surface area is 77.5 Å². The van der Waals surface area contributed by atoms with E-state index < -0.39 is 12.0 Å². The maximum atomic E-state index is 11.8. The highest BCUT2D eigenvalue weighted by molar-refractivity contribution is 5.85. The van der Waals surface area contributed by atoms with Crippen molar-refractivity contribution < 1.29 is 13.2 Å². The third-order valence-corrected chi connectivity index (χ3v) is 1.04. The largest absolute Gasteiger partial charge is 0.455 e. The normalized spacial score (nSPS) is 11.1. The summed E-state index contributed by atoms with van der Waals surface area (Å²) in [5, 5.41) is 9.02. The van der Waals surface area contributed by atoms with Gasteiger partial charge in [-0.3, -0.25) is 0 Å². The van der Waals surface area contributed by atoms with Crippen molar-refractivity contribution in [1.82, 2.24) is 20.2 Å². The molecule has 1 heterocycles. The van der Waals surface area contributed by atoms with Crippen LogP contribution in [0, 0.1) is 0 Å². The lowest BCUT2D eigenvalue weighted by molar-refractivity contribution is -0.145. The topological polar surface area (TPSA) is 69.6 Å². The Kier molecular flexibility index (Phi) is 4.08. The van der Waals surface area contributed by atoms with Gasteiger partial charge >= 0.3 is 6.18 Å². The van der Waals surface area contributed by atoms with E-state index in [4.69, 9.17) is 5.73 Å². The number of nitrogens with two attached hydrogens (primary N) is 1. The van der Waals surface area contributed by atoms with Gasteiger partial charge in [0.25, 0.3) is 5.82 Å². The number of tetrazole rings is 1. The molecule has 0 saturated heterocycles. The molecular weight excluding hydrogens is 211 g/mol. The summed E-state index contributed by atoms with van der Waals surface area (Å²) >= 11 is 0. The standard InChI is InChI=1S/C4H6F3N5.ClH/c5-4(6,7)3-9-11-12(10-3)2-1-8;/h1-2,8H2;1H. The summed E-state index contributed by atoms with van der Waals surface area (Å²) in [4.78, 5) is 0.808. The summed E-state index contributed by atoms with van der Waals surface area (Å²) in [6.07, 6.45) is -4.53. The van der Waals surface area contributed by atoms with Crippen LogP contribution in [0.5, 0.6) is 0 Å². The van der Waals surface area contributed by atoms with E-state index in [1.807, 2.05) is 0 Å². The van der Waals surface area contributed by atoms with Gasteiger partial charge in [-0.2, -0.15) is 18.0 Å². The van der Waals surface area contributed by atoms with Gasteiger partial charge in [0.1, 0.15) is 0 Å². The Hall–Kier alpha value is -0.890. The quantitative estimate of drug-likeness (QED) is 0.761. The fourth-order valence-corrected chi connectivity index (χ4v) is 0.567. The number of hydrogen-bond donors (Lipinski definition) is 1. The summed E-state index contributed by atoms with van der Waals surface area (Å²) in [5.74, 6) is -1.24. The maximum absolute atomic E-state index is 11.8. The van der Waals surface area contributed by atoms with Crippen LogP contribution in [0.2, 0.25) is 0 Å². The Balaban J connectivity index is 0.00000144. The SMILES string of the molecule is Cl.NCCn1nnc(C(F)(F)F)n1. The predicted molar refractivity (Wildman–Crippen MR) is 39.1 cm³/mol. The number of alkyl halides is 3.